The van der Waals surface area contributed by atoms with E-state index in [2.05, 4.69) is 35.9 Å². The minimum Gasteiger partial charge on any atom is -0.378 e. The molecule has 2 rings (SSSR count). The van der Waals surface area contributed by atoms with Crippen LogP contribution in [0.1, 0.15) is 13.8 Å². The molecule has 0 N–H and O–H groups in total. The Morgan fingerprint density at radius 2 is 2.07 bits per heavy atom. The molecule has 0 spiro atoms. The number of amidine groups is 1. The van der Waals surface area contributed by atoms with E-state index in [4.69, 9.17) is 4.74 Å². The van der Waals surface area contributed by atoms with Crippen molar-refractivity contribution in [1.82, 2.24) is 4.90 Å². The number of morpholine rings is 1. The van der Waals surface area contributed by atoms with E-state index in [9.17, 15) is 0 Å². The van der Waals surface area contributed by atoms with Crippen molar-refractivity contribution in [3.8, 4) is 0 Å². The van der Waals surface area contributed by atoms with Crippen LogP contribution in [0.4, 0.5) is 0 Å². The van der Waals surface area contributed by atoms with E-state index in [0.717, 1.165) is 38.7 Å². The fourth-order valence-corrected chi connectivity index (χ4v) is 1.69. The SMILES string of the molecule is CC1(C)C=CC(N2CCOCC2)=NC1. The maximum Gasteiger partial charge on any atom is 0.123 e. The predicted octanol–water partition coefficient (Wildman–Crippen LogP) is 1.31. The Morgan fingerprint density at radius 3 is 2.64 bits per heavy atom. The molecule has 0 amide bonds. The maximum atomic E-state index is 5.31. The molecule has 0 aromatic rings. The van der Waals surface area contributed by atoms with Gasteiger partial charge in [0.05, 0.1) is 13.2 Å². The van der Waals surface area contributed by atoms with Crippen LogP contribution in [0.3, 0.4) is 0 Å². The summed E-state index contributed by atoms with van der Waals surface area (Å²) in [6.45, 7) is 8.93. The van der Waals surface area contributed by atoms with Crippen molar-refractivity contribution in [1.29, 1.82) is 0 Å². The van der Waals surface area contributed by atoms with E-state index >= 15 is 0 Å². The van der Waals surface area contributed by atoms with Crippen molar-refractivity contribution in [3.05, 3.63) is 12.2 Å². The molecule has 2 aliphatic rings. The quantitative estimate of drug-likeness (QED) is 0.581. The van der Waals surface area contributed by atoms with Crippen molar-refractivity contribution in [2.45, 2.75) is 13.8 Å². The highest BCUT2D eigenvalue weighted by Gasteiger charge is 2.20. The standard InChI is InChI=1S/C11H18N2O/c1-11(2)4-3-10(12-9-11)13-5-7-14-8-6-13/h3-4H,5-9H2,1-2H3. The first kappa shape index (κ1) is 9.71. The average Bonchev–Trinajstić information content (AvgIpc) is 2.19. The molecule has 1 fully saturated rings. The fraction of sp³-hybridized carbons (Fsp3) is 0.727. The van der Waals surface area contributed by atoms with Crippen LogP contribution in [0.2, 0.25) is 0 Å². The lowest BCUT2D eigenvalue weighted by Gasteiger charge is -2.32. The zero-order valence-electron chi connectivity index (χ0n) is 8.99. The molecule has 0 aliphatic carbocycles. The molecule has 0 radical (unpaired) electrons. The van der Waals surface area contributed by atoms with Gasteiger partial charge in [0.2, 0.25) is 0 Å². The summed E-state index contributed by atoms with van der Waals surface area (Å²) in [5.41, 5.74) is 0.232. The molecule has 0 saturated carbocycles. The number of hydrogen-bond donors (Lipinski definition) is 0. The van der Waals surface area contributed by atoms with Crippen LogP contribution in [0.15, 0.2) is 17.1 Å². The molecule has 3 heteroatoms. The minimum atomic E-state index is 0.232. The molecule has 0 unspecified atom stereocenters. The van der Waals surface area contributed by atoms with Gasteiger partial charge in [0.1, 0.15) is 5.84 Å². The van der Waals surface area contributed by atoms with Crippen molar-refractivity contribution in [3.63, 3.8) is 0 Å². The summed E-state index contributed by atoms with van der Waals surface area (Å²) in [6, 6.07) is 0. The Labute approximate surface area is 85.5 Å². The van der Waals surface area contributed by atoms with E-state index in [0.29, 0.717) is 0 Å². The van der Waals surface area contributed by atoms with Gasteiger partial charge >= 0.3 is 0 Å². The zero-order valence-corrected chi connectivity index (χ0v) is 8.99. The van der Waals surface area contributed by atoms with Gasteiger partial charge in [-0.1, -0.05) is 19.9 Å². The first-order valence-electron chi connectivity index (χ1n) is 5.24. The predicted molar refractivity (Wildman–Crippen MR) is 57.6 cm³/mol. The van der Waals surface area contributed by atoms with Crippen LogP contribution in [-0.4, -0.2) is 43.6 Å². The Balaban J connectivity index is 1.99. The third-order valence-electron chi connectivity index (χ3n) is 2.67. The molecule has 0 bridgehead atoms. The van der Waals surface area contributed by atoms with Crippen molar-refractivity contribution < 1.29 is 4.74 Å². The number of aliphatic imine (C=N–C) groups is 1. The lowest BCUT2D eigenvalue weighted by Crippen LogP contribution is -2.41. The number of hydrogen-bond acceptors (Lipinski definition) is 3. The normalized spacial score (nSPS) is 26.1. The zero-order chi connectivity index (χ0) is 10.0. The topological polar surface area (TPSA) is 24.8 Å². The lowest BCUT2D eigenvalue weighted by molar-refractivity contribution is 0.0681. The third kappa shape index (κ3) is 2.15. The number of nitrogens with zero attached hydrogens (tertiary/aromatic N) is 2. The molecular formula is C11H18N2O. The Morgan fingerprint density at radius 1 is 1.36 bits per heavy atom. The third-order valence-corrected chi connectivity index (χ3v) is 2.67. The van der Waals surface area contributed by atoms with E-state index in [1.807, 2.05) is 0 Å². The van der Waals surface area contributed by atoms with Gasteiger partial charge in [0, 0.05) is 25.0 Å². The molecular weight excluding hydrogens is 176 g/mol. The lowest BCUT2D eigenvalue weighted by atomic mass is 9.91. The second-order valence-corrected chi connectivity index (χ2v) is 4.60. The van der Waals surface area contributed by atoms with Gasteiger partial charge in [-0.25, -0.2) is 0 Å². The minimum absolute atomic E-state index is 0.232. The summed E-state index contributed by atoms with van der Waals surface area (Å²) < 4.78 is 5.31. The largest absolute Gasteiger partial charge is 0.378 e. The van der Waals surface area contributed by atoms with Crippen LogP contribution in [0.5, 0.6) is 0 Å². The summed E-state index contributed by atoms with van der Waals surface area (Å²) >= 11 is 0. The first-order valence-corrected chi connectivity index (χ1v) is 5.24. The average molecular weight is 194 g/mol. The van der Waals surface area contributed by atoms with Crippen LogP contribution >= 0.6 is 0 Å². The highest BCUT2D eigenvalue weighted by molar-refractivity contribution is 5.93. The Kier molecular flexibility index (Phi) is 2.59. The molecule has 2 aliphatic heterocycles. The maximum absolute atomic E-state index is 5.31. The first-order chi connectivity index (χ1) is 6.67. The molecule has 78 valence electrons. The van der Waals surface area contributed by atoms with Gasteiger partial charge in [-0.2, -0.15) is 0 Å². The fourth-order valence-electron chi connectivity index (χ4n) is 1.69. The highest BCUT2D eigenvalue weighted by atomic mass is 16.5. The summed E-state index contributed by atoms with van der Waals surface area (Å²) in [7, 11) is 0. The molecule has 14 heavy (non-hydrogen) atoms. The van der Waals surface area contributed by atoms with E-state index in [1.54, 1.807) is 0 Å². The van der Waals surface area contributed by atoms with E-state index in [1.165, 1.54) is 0 Å². The van der Waals surface area contributed by atoms with Gasteiger partial charge in [-0.05, 0) is 6.08 Å². The molecule has 3 nitrogen and oxygen atoms in total. The van der Waals surface area contributed by atoms with Crippen LogP contribution < -0.4 is 0 Å². The van der Waals surface area contributed by atoms with Crippen LogP contribution in [-0.2, 0) is 4.74 Å². The van der Waals surface area contributed by atoms with Gasteiger partial charge in [0.25, 0.3) is 0 Å². The van der Waals surface area contributed by atoms with Crippen LogP contribution in [0.25, 0.3) is 0 Å². The van der Waals surface area contributed by atoms with E-state index < -0.39 is 0 Å². The summed E-state index contributed by atoms with van der Waals surface area (Å²) in [5.74, 6) is 1.13. The molecule has 0 aromatic carbocycles. The smallest absolute Gasteiger partial charge is 0.123 e. The Bertz CT molecular complexity index is 262. The molecule has 2 heterocycles. The van der Waals surface area contributed by atoms with Gasteiger partial charge in [0.15, 0.2) is 0 Å². The molecule has 0 atom stereocenters. The summed E-state index contributed by atoms with van der Waals surface area (Å²) in [5, 5.41) is 0. The molecule has 1 saturated heterocycles. The highest BCUT2D eigenvalue weighted by Crippen LogP contribution is 2.21. The van der Waals surface area contributed by atoms with Crippen molar-refractivity contribution in [2.24, 2.45) is 10.4 Å². The van der Waals surface area contributed by atoms with Gasteiger partial charge in [-0.3, -0.25) is 4.99 Å². The molecule has 0 aromatic heterocycles. The number of ether oxygens (including phenoxy) is 1. The van der Waals surface area contributed by atoms with Gasteiger partial charge < -0.3 is 9.64 Å². The second-order valence-electron chi connectivity index (χ2n) is 4.60. The van der Waals surface area contributed by atoms with Crippen molar-refractivity contribution >= 4 is 5.84 Å². The van der Waals surface area contributed by atoms with Gasteiger partial charge in [-0.15, -0.1) is 0 Å². The van der Waals surface area contributed by atoms with Crippen LogP contribution in [0, 0.1) is 5.41 Å². The van der Waals surface area contributed by atoms with Crippen molar-refractivity contribution in [2.75, 3.05) is 32.8 Å². The Hall–Kier alpha value is -0.830. The second kappa shape index (κ2) is 3.73. The monoisotopic (exact) mass is 194 g/mol. The number of dihydropyridines is 1. The number of rotatable bonds is 0. The summed E-state index contributed by atoms with van der Waals surface area (Å²) in [6.07, 6.45) is 4.40. The van der Waals surface area contributed by atoms with E-state index in [-0.39, 0.29) is 5.41 Å². The summed E-state index contributed by atoms with van der Waals surface area (Å²) in [4.78, 5) is 6.91.